The summed E-state index contributed by atoms with van der Waals surface area (Å²) in [5.41, 5.74) is 0. The Balaban J connectivity index is 3.78. The van der Waals surface area contributed by atoms with Gasteiger partial charge in [-0.3, -0.25) is 0 Å². The summed E-state index contributed by atoms with van der Waals surface area (Å²) in [5, 5.41) is 14.3. The Morgan fingerprint density at radius 2 is 2.12 bits per heavy atom. The Hall–Kier alpha value is -0.810. The van der Waals surface area contributed by atoms with Gasteiger partial charge in [0.1, 0.15) is 0 Å². The topological polar surface area (TPSA) is 70.6 Å². The fraction of sp³-hybridized carbons (Fsp3) is 0.909. The molecule has 0 bridgehead atoms. The Morgan fingerprint density at radius 3 is 2.62 bits per heavy atom. The summed E-state index contributed by atoms with van der Waals surface area (Å²) >= 11 is 0. The third-order valence-corrected chi connectivity index (χ3v) is 2.37. The molecule has 16 heavy (non-hydrogen) atoms. The minimum Gasteiger partial charge on any atom is -0.396 e. The summed E-state index contributed by atoms with van der Waals surface area (Å²) in [6.07, 6.45) is 2.33. The largest absolute Gasteiger partial charge is 0.396 e. The number of ether oxygens (including phenoxy) is 1. The van der Waals surface area contributed by atoms with Gasteiger partial charge in [-0.25, -0.2) is 4.79 Å². The number of nitrogens with one attached hydrogen (secondary N) is 2. The molecule has 3 N–H and O–H groups in total. The van der Waals surface area contributed by atoms with Crippen molar-refractivity contribution in [2.75, 3.05) is 20.3 Å². The minimum absolute atomic E-state index is 0.0510. The van der Waals surface area contributed by atoms with Crippen molar-refractivity contribution >= 4 is 6.03 Å². The van der Waals surface area contributed by atoms with Gasteiger partial charge in [0.05, 0.1) is 12.6 Å². The Morgan fingerprint density at radius 1 is 1.44 bits per heavy atom. The summed E-state index contributed by atoms with van der Waals surface area (Å²) in [5.74, 6) is 0. The second kappa shape index (κ2) is 9.42. The molecule has 0 rings (SSSR count). The number of hydrogen-bond donors (Lipinski definition) is 3. The molecule has 2 unspecified atom stereocenters. The molecule has 0 saturated heterocycles. The fourth-order valence-corrected chi connectivity index (χ4v) is 1.38. The van der Waals surface area contributed by atoms with E-state index in [0.717, 1.165) is 12.8 Å². The summed E-state index contributed by atoms with van der Waals surface area (Å²) < 4.78 is 4.99. The first kappa shape index (κ1) is 15.2. The molecule has 96 valence electrons. The zero-order valence-corrected chi connectivity index (χ0v) is 10.5. The smallest absolute Gasteiger partial charge is 0.315 e. The number of urea groups is 1. The van der Waals surface area contributed by atoms with Crippen molar-refractivity contribution < 1.29 is 14.6 Å². The van der Waals surface area contributed by atoms with E-state index in [9.17, 15) is 4.79 Å². The second-order valence-electron chi connectivity index (χ2n) is 3.95. The number of methoxy groups -OCH3 is 1. The van der Waals surface area contributed by atoms with Gasteiger partial charge >= 0.3 is 6.03 Å². The lowest BCUT2D eigenvalue weighted by molar-refractivity contribution is 0.163. The van der Waals surface area contributed by atoms with Crippen molar-refractivity contribution in [3.05, 3.63) is 0 Å². The molecule has 5 nitrogen and oxygen atoms in total. The molecule has 0 fully saturated rings. The highest BCUT2D eigenvalue weighted by Crippen LogP contribution is 1.96. The first-order valence-electron chi connectivity index (χ1n) is 5.80. The molecule has 0 aromatic heterocycles. The van der Waals surface area contributed by atoms with E-state index in [-0.39, 0.29) is 24.7 Å². The summed E-state index contributed by atoms with van der Waals surface area (Å²) in [4.78, 5) is 11.5. The quantitative estimate of drug-likeness (QED) is 0.581. The third-order valence-electron chi connectivity index (χ3n) is 2.37. The van der Waals surface area contributed by atoms with Crippen molar-refractivity contribution in [2.24, 2.45) is 0 Å². The second-order valence-corrected chi connectivity index (χ2v) is 3.95. The predicted molar refractivity (Wildman–Crippen MR) is 63.4 cm³/mol. The number of aliphatic hydroxyl groups excluding tert-OH is 1. The number of carbonyl (C=O) groups is 1. The van der Waals surface area contributed by atoms with Gasteiger partial charge in [0.2, 0.25) is 0 Å². The molecule has 0 radical (unpaired) electrons. The van der Waals surface area contributed by atoms with Crippen LogP contribution >= 0.6 is 0 Å². The van der Waals surface area contributed by atoms with Gasteiger partial charge in [-0.2, -0.15) is 0 Å². The van der Waals surface area contributed by atoms with Gasteiger partial charge in [0.15, 0.2) is 0 Å². The maximum absolute atomic E-state index is 11.5. The molecule has 0 aromatic rings. The molecule has 0 heterocycles. The molecule has 0 aromatic carbocycles. The molecule has 2 atom stereocenters. The van der Waals surface area contributed by atoms with Crippen LogP contribution in [0.4, 0.5) is 4.79 Å². The van der Waals surface area contributed by atoms with E-state index < -0.39 is 0 Å². The fourth-order valence-electron chi connectivity index (χ4n) is 1.38. The van der Waals surface area contributed by atoms with Crippen LogP contribution < -0.4 is 10.6 Å². The number of amides is 2. The van der Waals surface area contributed by atoms with Crippen LogP contribution in [0, 0.1) is 0 Å². The van der Waals surface area contributed by atoms with Crippen molar-refractivity contribution in [3.8, 4) is 0 Å². The number of carbonyl (C=O) groups excluding carboxylic acids is 1. The predicted octanol–water partition coefficient (Wildman–Crippen LogP) is 0.872. The average molecular weight is 232 g/mol. The van der Waals surface area contributed by atoms with E-state index in [0.29, 0.717) is 13.0 Å². The lowest BCUT2D eigenvalue weighted by atomic mass is 10.2. The van der Waals surface area contributed by atoms with Crippen LogP contribution in [0.15, 0.2) is 0 Å². The molecule has 0 saturated carbocycles. The first-order valence-corrected chi connectivity index (χ1v) is 5.80. The van der Waals surface area contributed by atoms with E-state index >= 15 is 0 Å². The third kappa shape index (κ3) is 7.48. The Labute approximate surface area is 97.6 Å². The summed E-state index contributed by atoms with van der Waals surface area (Å²) in [6, 6.07) is -0.0448. The van der Waals surface area contributed by atoms with Crippen LogP contribution in [0.25, 0.3) is 0 Å². The van der Waals surface area contributed by atoms with E-state index in [2.05, 4.69) is 10.6 Å². The first-order chi connectivity index (χ1) is 7.63. The van der Waals surface area contributed by atoms with Crippen LogP contribution in [-0.2, 0) is 4.74 Å². The van der Waals surface area contributed by atoms with Gasteiger partial charge in [-0.1, -0.05) is 6.92 Å². The number of aliphatic hydroxyl groups is 1. The highest BCUT2D eigenvalue weighted by atomic mass is 16.5. The molecule has 0 aliphatic rings. The zero-order valence-electron chi connectivity index (χ0n) is 10.5. The molecule has 0 aliphatic carbocycles. The van der Waals surface area contributed by atoms with Crippen LogP contribution in [0.5, 0.6) is 0 Å². The molecule has 2 amide bonds. The number of rotatable bonds is 8. The van der Waals surface area contributed by atoms with Crippen molar-refractivity contribution in [1.82, 2.24) is 10.6 Å². The SMILES string of the molecule is CCC(COC)NC(=O)NC(C)CCCO. The standard InChI is InChI=1S/C11H24N2O3/c1-4-10(8-16-3)13-11(15)12-9(2)6-5-7-14/h9-10,14H,4-8H2,1-3H3,(H2,12,13,15). The van der Waals surface area contributed by atoms with Gasteiger partial charge in [-0.05, 0) is 26.2 Å². The number of hydrogen-bond acceptors (Lipinski definition) is 3. The average Bonchev–Trinajstić information content (AvgIpc) is 2.25. The summed E-state index contributed by atoms with van der Waals surface area (Å²) in [7, 11) is 1.62. The molecular formula is C11H24N2O3. The molecular weight excluding hydrogens is 208 g/mol. The van der Waals surface area contributed by atoms with Gasteiger partial charge < -0.3 is 20.5 Å². The molecule has 0 aliphatic heterocycles. The summed E-state index contributed by atoms with van der Waals surface area (Å²) in [6.45, 7) is 4.61. The van der Waals surface area contributed by atoms with E-state index in [1.54, 1.807) is 7.11 Å². The van der Waals surface area contributed by atoms with Crippen molar-refractivity contribution in [3.63, 3.8) is 0 Å². The van der Waals surface area contributed by atoms with E-state index in [4.69, 9.17) is 9.84 Å². The van der Waals surface area contributed by atoms with Crippen molar-refractivity contribution in [2.45, 2.75) is 45.2 Å². The monoisotopic (exact) mass is 232 g/mol. The van der Waals surface area contributed by atoms with E-state index in [1.165, 1.54) is 0 Å². The highest BCUT2D eigenvalue weighted by molar-refractivity contribution is 5.74. The maximum atomic E-state index is 11.5. The van der Waals surface area contributed by atoms with Gasteiger partial charge in [0.25, 0.3) is 0 Å². The van der Waals surface area contributed by atoms with Gasteiger partial charge in [0, 0.05) is 19.8 Å². The van der Waals surface area contributed by atoms with Crippen LogP contribution in [0.3, 0.4) is 0 Å². The highest BCUT2D eigenvalue weighted by Gasteiger charge is 2.11. The minimum atomic E-state index is -0.172. The lowest BCUT2D eigenvalue weighted by Gasteiger charge is -2.19. The normalized spacial score (nSPS) is 14.2. The molecule has 0 spiro atoms. The van der Waals surface area contributed by atoms with Crippen LogP contribution in [0.2, 0.25) is 0 Å². The van der Waals surface area contributed by atoms with E-state index in [1.807, 2.05) is 13.8 Å². The van der Waals surface area contributed by atoms with Crippen LogP contribution in [0.1, 0.15) is 33.1 Å². The lowest BCUT2D eigenvalue weighted by Crippen LogP contribution is -2.46. The van der Waals surface area contributed by atoms with Crippen molar-refractivity contribution in [1.29, 1.82) is 0 Å². The Bertz CT molecular complexity index is 188. The van der Waals surface area contributed by atoms with Crippen LogP contribution in [-0.4, -0.2) is 43.5 Å². The maximum Gasteiger partial charge on any atom is 0.315 e. The molecule has 5 heteroatoms. The Kier molecular flexibility index (Phi) is 8.94. The zero-order chi connectivity index (χ0) is 12.4. The van der Waals surface area contributed by atoms with Gasteiger partial charge in [-0.15, -0.1) is 0 Å².